The second-order valence-electron chi connectivity index (χ2n) is 3.91. The van der Waals surface area contributed by atoms with Crippen LogP contribution < -0.4 is 0 Å². The Balaban J connectivity index is 2.30. The molecule has 1 aliphatic carbocycles. The minimum absolute atomic E-state index is 0.112. The molecule has 0 saturated heterocycles. The van der Waals surface area contributed by atoms with Crippen LogP contribution >= 0.6 is 11.3 Å². The average molecular weight is 239 g/mol. The molecule has 1 N–H and O–H groups in total. The number of carbonyl (C=O) groups is 2. The van der Waals surface area contributed by atoms with Gasteiger partial charge in [0, 0.05) is 17.8 Å². The summed E-state index contributed by atoms with van der Waals surface area (Å²) < 4.78 is 0. The van der Waals surface area contributed by atoms with Gasteiger partial charge in [-0.3, -0.25) is 4.79 Å². The van der Waals surface area contributed by atoms with Gasteiger partial charge in [-0.05, 0) is 24.3 Å². The van der Waals surface area contributed by atoms with Crippen LogP contribution in [0.15, 0.2) is 17.5 Å². The van der Waals surface area contributed by atoms with E-state index in [9.17, 15) is 14.7 Å². The molecule has 1 aromatic heterocycles. The van der Waals surface area contributed by atoms with Crippen LogP contribution in [0.25, 0.3) is 0 Å². The maximum atomic E-state index is 11.5. The summed E-state index contributed by atoms with van der Waals surface area (Å²) in [6.45, 7) is 1.43. The van der Waals surface area contributed by atoms with E-state index in [1.54, 1.807) is 12.1 Å². The fourth-order valence-corrected chi connectivity index (χ4v) is 2.64. The zero-order chi connectivity index (χ0) is 11.7. The van der Waals surface area contributed by atoms with Gasteiger partial charge in [-0.15, -0.1) is 11.3 Å². The van der Waals surface area contributed by atoms with Crippen molar-refractivity contribution >= 4 is 23.2 Å². The summed E-state index contributed by atoms with van der Waals surface area (Å²) in [6, 6.07) is 2.87. The Morgan fingerprint density at radius 2 is 2.25 bits per heavy atom. The van der Waals surface area contributed by atoms with E-state index in [-0.39, 0.29) is 11.9 Å². The zero-order valence-corrected chi connectivity index (χ0v) is 9.74. The maximum Gasteiger partial charge on any atom is 0.331 e. The SMILES string of the molecule is CC(=O)N(C1CC1)C(C(=O)O)c1cccs1. The monoisotopic (exact) mass is 239 g/mol. The fourth-order valence-electron chi connectivity index (χ4n) is 1.83. The molecule has 5 heteroatoms. The Labute approximate surface area is 97.5 Å². The number of hydrogen-bond acceptors (Lipinski definition) is 3. The van der Waals surface area contributed by atoms with Crippen LogP contribution in [0.3, 0.4) is 0 Å². The van der Waals surface area contributed by atoms with Crippen molar-refractivity contribution in [1.82, 2.24) is 4.90 Å². The van der Waals surface area contributed by atoms with Gasteiger partial charge in [0.2, 0.25) is 5.91 Å². The number of aliphatic carboxylic acids is 1. The lowest BCUT2D eigenvalue weighted by Crippen LogP contribution is -2.38. The molecule has 0 aliphatic heterocycles. The number of carbonyl (C=O) groups excluding carboxylic acids is 1. The van der Waals surface area contributed by atoms with Crippen molar-refractivity contribution in [3.05, 3.63) is 22.4 Å². The molecule has 86 valence electrons. The molecule has 1 amide bonds. The van der Waals surface area contributed by atoms with Crippen LogP contribution in [0.2, 0.25) is 0 Å². The average Bonchev–Trinajstić information content (AvgIpc) is 2.89. The number of hydrogen-bond donors (Lipinski definition) is 1. The highest BCUT2D eigenvalue weighted by atomic mass is 32.1. The van der Waals surface area contributed by atoms with Gasteiger partial charge in [0.1, 0.15) is 0 Å². The number of carboxylic acids is 1. The third-order valence-electron chi connectivity index (χ3n) is 2.63. The van der Waals surface area contributed by atoms with Gasteiger partial charge in [0.05, 0.1) is 0 Å². The molecule has 0 spiro atoms. The van der Waals surface area contributed by atoms with E-state index in [2.05, 4.69) is 0 Å². The third-order valence-corrected chi connectivity index (χ3v) is 3.55. The number of nitrogens with zero attached hydrogens (tertiary/aromatic N) is 1. The summed E-state index contributed by atoms with van der Waals surface area (Å²) in [5, 5.41) is 11.1. The molecule has 1 saturated carbocycles. The smallest absolute Gasteiger partial charge is 0.331 e. The topological polar surface area (TPSA) is 57.6 Å². The highest BCUT2D eigenvalue weighted by Crippen LogP contribution is 2.36. The van der Waals surface area contributed by atoms with Crippen LogP contribution in [-0.4, -0.2) is 27.9 Å². The summed E-state index contributed by atoms with van der Waals surface area (Å²) in [4.78, 5) is 25.0. The first-order valence-electron chi connectivity index (χ1n) is 5.16. The van der Waals surface area contributed by atoms with E-state index >= 15 is 0 Å². The van der Waals surface area contributed by atoms with E-state index in [4.69, 9.17) is 0 Å². The molecule has 1 atom stereocenters. The van der Waals surface area contributed by atoms with E-state index in [1.165, 1.54) is 23.2 Å². The van der Waals surface area contributed by atoms with Crippen molar-refractivity contribution in [2.75, 3.05) is 0 Å². The maximum absolute atomic E-state index is 11.5. The predicted molar refractivity (Wildman–Crippen MR) is 60.2 cm³/mol. The lowest BCUT2D eigenvalue weighted by Gasteiger charge is -2.27. The first kappa shape index (κ1) is 11.1. The first-order valence-corrected chi connectivity index (χ1v) is 6.04. The second-order valence-corrected chi connectivity index (χ2v) is 4.89. The van der Waals surface area contributed by atoms with Crippen LogP contribution in [0.4, 0.5) is 0 Å². The number of carboxylic acid groups (broad SMARTS) is 1. The predicted octanol–water partition coefficient (Wildman–Crippen LogP) is 1.88. The summed E-state index contributed by atoms with van der Waals surface area (Å²) in [5.41, 5.74) is 0. The Bertz CT molecular complexity index is 397. The number of amides is 1. The van der Waals surface area contributed by atoms with Crippen LogP contribution in [0, 0.1) is 0 Å². The summed E-state index contributed by atoms with van der Waals surface area (Å²) in [7, 11) is 0. The van der Waals surface area contributed by atoms with Gasteiger partial charge in [0.25, 0.3) is 0 Å². The van der Waals surface area contributed by atoms with Gasteiger partial charge in [-0.1, -0.05) is 6.07 Å². The van der Waals surface area contributed by atoms with Crippen LogP contribution in [0.1, 0.15) is 30.7 Å². The number of rotatable bonds is 4. The fraction of sp³-hybridized carbons (Fsp3) is 0.455. The standard InChI is InChI=1S/C11H13NO3S/c1-7(13)12(8-4-5-8)10(11(14)15)9-3-2-6-16-9/h2-3,6,8,10H,4-5H2,1H3,(H,14,15). The van der Waals surface area contributed by atoms with Crippen molar-refractivity contribution in [2.45, 2.75) is 31.8 Å². The van der Waals surface area contributed by atoms with E-state index in [0.717, 1.165) is 17.7 Å². The Kier molecular flexibility index (Phi) is 2.96. The minimum atomic E-state index is -0.954. The summed E-state index contributed by atoms with van der Waals surface area (Å²) in [6.07, 6.45) is 1.82. The summed E-state index contributed by atoms with van der Waals surface area (Å²) in [5.74, 6) is -1.12. The quantitative estimate of drug-likeness (QED) is 0.872. The minimum Gasteiger partial charge on any atom is -0.479 e. The van der Waals surface area contributed by atoms with Crippen molar-refractivity contribution in [3.8, 4) is 0 Å². The molecule has 16 heavy (non-hydrogen) atoms. The molecular weight excluding hydrogens is 226 g/mol. The summed E-state index contributed by atoms with van der Waals surface area (Å²) >= 11 is 1.38. The molecule has 4 nitrogen and oxygen atoms in total. The van der Waals surface area contributed by atoms with E-state index in [0.29, 0.717) is 0 Å². The van der Waals surface area contributed by atoms with Crippen LogP contribution in [0.5, 0.6) is 0 Å². The van der Waals surface area contributed by atoms with Crippen molar-refractivity contribution < 1.29 is 14.7 Å². The molecular formula is C11H13NO3S. The molecule has 1 heterocycles. The zero-order valence-electron chi connectivity index (χ0n) is 8.92. The second kappa shape index (κ2) is 4.25. The first-order chi connectivity index (χ1) is 7.61. The van der Waals surface area contributed by atoms with Gasteiger partial charge in [-0.2, -0.15) is 0 Å². The third kappa shape index (κ3) is 2.09. The van der Waals surface area contributed by atoms with Crippen molar-refractivity contribution in [1.29, 1.82) is 0 Å². The van der Waals surface area contributed by atoms with Gasteiger partial charge in [-0.25, -0.2) is 4.79 Å². The molecule has 0 aromatic carbocycles. The lowest BCUT2D eigenvalue weighted by molar-refractivity contribution is -0.150. The molecule has 0 bridgehead atoms. The van der Waals surface area contributed by atoms with Crippen LogP contribution in [-0.2, 0) is 9.59 Å². The molecule has 1 fully saturated rings. The largest absolute Gasteiger partial charge is 0.479 e. The molecule has 1 unspecified atom stereocenters. The van der Waals surface area contributed by atoms with Gasteiger partial charge >= 0.3 is 5.97 Å². The molecule has 2 rings (SSSR count). The Morgan fingerprint density at radius 3 is 2.62 bits per heavy atom. The van der Waals surface area contributed by atoms with Gasteiger partial charge < -0.3 is 10.0 Å². The highest BCUT2D eigenvalue weighted by Gasteiger charge is 2.40. The molecule has 0 radical (unpaired) electrons. The lowest BCUT2D eigenvalue weighted by atomic mass is 10.2. The van der Waals surface area contributed by atoms with E-state index in [1.807, 2.05) is 5.38 Å². The Hall–Kier alpha value is -1.36. The normalized spacial score (nSPS) is 16.8. The van der Waals surface area contributed by atoms with Crippen molar-refractivity contribution in [3.63, 3.8) is 0 Å². The number of thiophene rings is 1. The van der Waals surface area contributed by atoms with Gasteiger partial charge in [0.15, 0.2) is 6.04 Å². The highest BCUT2D eigenvalue weighted by molar-refractivity contribution is 7.10. The molecule has 1 aromatic rings. The van der Waals surface area contributed by atoms with E-state index < -0.39 is 12.0 Å². The Morgan fingerprint density at radius 1 is 1.56 bits per heavy atom. The van der Waals surface area contributed by atoms with Crippen molar-refractivity contribution in [2.24, 2.45) is 0 Å². The molecule has 1 aliphatic rings.